The molecule has 2 aromatic carbocycles. The molecule has 3 heterocycles. The predicted molar refractivity (Wildman–Crippen MR) is 177 cm³/mol. The molecule has 3 aliphatic heterocycles. The zero-order chi connectivity index (χ0) is 36.5. The number of methoxy groups -OCH3 is 1. The highest BCUT2D eigenvalue weighted by molar-refractivity contribution is 6.32. The Bertz CT molecular complexity index is 1820. The van der Waals surface area contributed by atoms with Crippen LogP contribution in [0.4, 0.5) is 0 Å². The first kappa shape index (κ1) is 35.6. The molecule has 2 saturated heterocycles. The van der Waals surface area contributed by atoms with Crippen molar-refractivity contribution in [3.05, 3.63) is 69.3 Å². The van der Waals surface area contributed by atoms with Crippen LogP contribution in [0.2, 0.25) is 0 Å². The van der Waals surface area contributed by atoms with Crippen molar-refractivity contribution in [2.24, 2.45) is 0 Å². The van der Waals surface area contributed by atoms with Crippen molar-refractivity contribution in [2.45, 2.75) is 121 Å². The number of rotatable bonds is 6. The zero-order valence-corrected chi connectivity index (χ0v) is 29.0. The van der Waals surface area contributed by atoms with E-state index in [2.05, 4.69) is 0 Å². The van der Waals surface area contributed by atoms with E-state index >= 15 is 0 Å². The van der Waals surface area contributed by atoms with Crippen molar-refractivity contribution in [1.29, 1.82) is 0 Å². The summed E-state index contributed by atoms with van der Waals surface area (Å²) in [5.74, 6) is -2.10. The first-order valence-electron chi connectivity index (χ1n) is 17.3. The van der Waals surface area contributed by atoms with Crippen LogP contribution in [-0.2, 0) is 34.9 Å². The Kier molecular flexibility index (Phi) is 9.28. The van der Waals surface area contributed by atoms with Gasteiger partial charge in [0.25, 0.3) is 0 Å². The lowest BCUT2D eigenvalue weighted by atomic mass is 9.72. The molecule has 13 heteroatoms. The Morgan fingerprint density at radius 1 is 0.882 bits per heavy atom. The van der Waals surface area contributed by atoms with Crippen LogP contribution in [0.15, 0.2) is 30.4 Å². The predicted octanol–water partition coefficient (Wildman–Crippen LogP) is 3.43. The molecule has 0 spiro atoms. The van der Waals surface area contributed by atoms with Crippen LogP contribution >= 0.6 is 0 Å². The molecule has 0 aromatic heterocycles. The highest BCUT2D eigenvalue weighted by atomic mass is 16.7. The molecular weight excluding hydrogens is 664 g/mol. The van der Waals surface area contributed by atoms with Crippen molar-refractivity contribution >= 4 is 23.1 Å². The van der Waals surface area contributed by atoms with E-state index in [1.54, 1.807) is 19.9 Å². The third kappa shape index (κ3) is 6.35. The normalized spacial score (nSPS) is 34.9. The number of carbonyl (C=O) groups is 4. The van der Waals surface area contributed by atoms with Crippen molar-refractivity contribution in [2.75, 3.05) is 7.11 Å². The Morgan fingerprint density at radius 3 is 2.31 bits per heavy atom. The molecule has 5 aliphatic rings. The van der Waals surface area contributed by atoms with Gasteiger partial charge in [-0.15, -0.1) is 0 Å². The van der Waals surface area contributed by atoms with Crippen LogP contribution in [0, 0.1) is 0 Å². The number of benzene rings is 2. The lowest BCUT2D eigenvalue weighted by Gasteiger charge is -2.42. The number of aromatic hydroxyl groups is 1. The van der Waals surface area contributed by atoms with E-state index < -0.39 is 71.8 Å². The second kappa shape index (κ2) is 13.3. The van der Waals surface area contributed by atoms with E-state index in [1.807, 2.05) is 6.92 Å². The summed E-state index contributed by atoms with van der Waals surface area (Å²) in [5.41, 5.74) is -1.11. The molecule has 13 nitrogen and oxygen atoms in total. The van der Waals surface area contributed by atoms with Gasteiger partial charge in [0.2, 0.25) is 0 Å². The number of ketones is 4. The molecule has 0 bridgehead atoms. The topological polar surface area (TPSA) is 184 Å². The van der Waals surface area contributed by atoms with Crippen molar-refractivity contribution in [3.63, 3.8) is 0 Å². The molecule has 0 amide bonds. The summed E-state index contributed by atoms with van der Waals surface area (Å²) < 4.78 is 35.7. The molecule has 10 atom stereocenters. The van der Waals surface area contributed by atoms with Crippen LogP contribution in [0.1, 0.15) is 113 Å². The number of fused-ring (bicyclic) bond motifs is 4. The van der Waals surface area contributed by atoms with Gasteiger partial charge in [0.1, 0.15) is 23.7 Å². The molecule has 272 valence electrons. The van der Waals surface area contributed by atoms with E-state index in [0.29, 0.717) is 18.4 Å². The van der Waals surface area contributed by atoms with Gasteiger partial charge in [-0.3, -0.25) is 19.2 Å². The quantitative estimate of drug-likeness (QED) is 0.339. The number of hydrogen-bond donors (Lipinski definition) is 3. The maximum Gasteiger partial charge on any atom is 0.198 e. The van der Waals surface area contributed by atoms with Gasteiger partial charge in [-0.05, 0) is 58.4 Å². The number of ether oxygens (including phenoxy) is 6. The number of aliphatic hydroxyl groups excluding tert-OH is 1. The number of carbonyl (C=O) groups excluding carboxylic acids is 4. The van der Waals surface area contributed by atoms with Gasteiger partial charge >= 0.3 is 0 Å². The minimum atomic E-state index is -1.34. The molecule has 7 rings (SSSR count). The highest BCUT2D eigenvalue weighted by Crippen LogP contribution is 2.46. The van der Waals surface area contributed by atoms with Crippen molar-refractivity contribution in [1.82, 2.24) is 0 Å². The summed E-state index contributed by atoms with van der Waals surface area (Å²) in [5, 5.41) is 33.5. The number of hydrogen-bond acceptors (Lipinski definition) is 13. The van der Waals surface area contributed by atoms with Gasteiger partial charge in [-0.1, -0.05) is 6.07 Å². The highest BCUT2D eigenvalue weighted by Gasteiger charge is 2.45. The van der Waals surface area contributed by atoms with Crippen LogP contribution < -0.4 is 4.74 Å². The molecule has 0 radical (unpaired) electrons. The second-order valence-corrected chi connectivity index (χ2v) is 14.4. The maximum atomic E-state index is 14.0. The monoisotopic (exact) mass is 706 g/mol. The summed E-state index contributed by atoms with van der Waals surface area (Å²) in [6, 6.07) is 4.31. The summed E-state index contributed by atoms with van der Waals surface area (Å²) in [4.78, 5) is 52.9. The Balaban J connectivity index is 1.06. The van der Waals surface area contributed by atoms with E-state index in [4.69, 9.17) is 28.4 Å². The molecule has 51 heavy (non-hydrogen) atoms. The Labute approximate surface area is 294 Å². The average Bonchev–Trinajstić information content (AvgIpc) is 3.06. The molecule has 2 aromatic rings. The van der Waals surface area contributed by atoms with E-state index in [-0.39, 0.29) is 76.4 Å². The van der Waals surface area contributed by atoms with Crippen LogP contribution in [0.3, 0.4) is 0 Å². The fourth-order valence-electron chi connectivity index (χ4n) is 7.93. The minimum Gasteiger partial charge on any atom is -0.507 e. The first-order valence-corrected chi connectivity index (χ1v) is 17.3. The SMILES string of the molecule is COc1cc2c(c3c1C[C@@](C)(O)CC3=O)C(=O)c1ccc(C3CC(O)C(OC4CCC(OC5C=CC(=O)C(C)O5)C(C)O4)C(C)O3)c(O)c1C2=O. The van der Waals surface area contributed by atoms with Gasteiger partial charge in [-0.2, -0.15) is 0 Å². The first-order chi connectivity index (χ1) is 24.2. The number of phenols is 1. The standard InChI is InChI=1S/C38H42O13/c1-16-23(39)8-10-29(48-16)50-26-9-11-30(49-17(26)2)51-37-18(3)47-28(13-24(37)40)19-6-7-20-33(34(19)42)36(44)21-12-27(46-5)22-14-38(4,45)15-25(41)31(22)32(21)35(20)43/h6-8,10,12,16-18,24,26,28-30,37,40,42,45H,9,11,13-15H2,1-5H3/t16?,17?,18?,24?,26?,28?,29?,30?,37?,38-/m1/s1. The largest absolute Gasteiger partial charge is 0.507 e. The number of Topliss-reactive ketones (excluding diaryl/α,β-unsaturated/α-hetero) is 1. The third-order valence-corrected chi connectivity index (χ3v) is 10.5. The smallest absolute Gasteiger partial charge is 0.198 e. The lowest BCUT2D eigenvalue weighted by Crippen LogP contribution is -2.50. The zero-order valence-electron chi connectivity index (χ0n) is 29.0. The molecule has 2 fully saturated rings. The molecular formula is C38H42O13. The summed E-state index contributed by atoms with van der Waals surface area (Å²) in [6.07, 6.45) is -1.88. The fraction of sp³-hybridized carbons (Fsp3) is 0.526. The maximum absolute atomic E-state index is 14.0. The molecule has 3 N–H and O–H groups in total. The fourth-order valence-corrected chi connectivity index (χ4v) is 7.93. The van der Waals surface area contributed by atoms with Crippen LogP contribution in [0.25, 0.3) is 0 Å². The summed E-state index contributed by atoms with van der Waals surface area (Å²) in [7, 11) is 1.38. The molecule has 0 saturated carbocycles. The minimum absolute atomic E-state index is 0.0199. The van der Waals surface area contributed by atoms with Gasteiger partial charge in [0.05, 0.1) is 48.8 Å². The Morgan fingerprint density at radius 2 is 1.63 bits per heavy atom. The number of aliphatic hydroxyl groups is 2. The van der Waals surface area contributed by atoms with Crippen LogP contribution in [-0.4, -0.2) is 100 Å². The van der Waals surface area contributed by atoms with E-state index in [9.17, 15) is 34.5 Å². The second-order valence-electron chi connectivity index (χ2n) is 14.4. The van der Waals surface area contributed by atoms with Crippen molar-refractivity contribution < 1.29 is 62.9 Å². The average molecular weight is 707 g/mol. The molecule has 9 unspecified atom stereocenters. The van der Waals surface area contributed by atoms with Gasteiger partial charge < -0.3 is 43.7 Å². The van der Waals surface area contributed by atoms with E-state index in [0.717, 1.165) is 0 Å². The Hall–Kier alpha value is -3.82. The summed E-state index contributed by atoms with van der Waals surface area (Å²) in [6.45, 7) is 6.79. The number of phenolic OH excluding ortho intramolecular Hbond substituents is 1. The van der Waals surface area contributed by atoms with Gasteiger partial charge in [-0.25, -0.2) is 0 Å². The summed E-state index contributed by atoms with van der Waals surface area (Å²) >= 11 is 0. The van der Waals surface area contributed by atoms with E-state index in [1.165, 1.54) is 38.3 Å². The van der Waals surface area contributed by atoms with Gasteiger partial charge in [0, 0.05) is 59.1 Å². The third-order valence-electron chi connectivity index (χ3n) is 10.5. The molecule has 2 aliphatic carbocycles. The lowest BCUT2D eigenvalue weighted by molar-refractivity contribution is -0.292. The van der Waals surface area contributed by atoms with Gasteiger partial charge in [0.15, 0.2) is 35.7 Å². The van der Waals surface area contributed by atoms with Crippen LogP contribution in [0.5, 0.6) is 11.5 Å². The van der Waals surface area contributed by atoms with Crippen molar-refractivity contribution in [3.8, 4) is 11.5 Å².